The van der Waals surface area contributed by atoms with Gasteiger partial charge in [0.1, 0.15) is 11.1 Å². The Labute approximate surface area is 133 Å². The number of benzene rings is 1. The van der Waals surface area contributed by atoms with Crippen LogP contribution in [0.3, 0.4) is 0 Å². The van der Waals surface area contributed by atoms with Gasteiger partial charge in [-0.2, -0.15) is 5.26 Å². The van der Waals surface area contributed by atoms with Crippen molar-refractivity contribution >= 4 is 22.6 Å². The molecule has 0 saturated heterocycles. The molecule has 0 aliphatic heterocycles. The maximum atomic E-state index is 9.80. The minimum atomic E-state index is -0.195. The van der Waals surface area contributed by atoms with E-state index in [0.29, 0.717) is 22.0 Å². The van der Waals surface area contributed by atoms with Crippen LogP contribution >= 0.6 is 11.3 Å². The molecule has 5 heteroatoms. The number of nitrogens with zero attached hydrogens (tertiary/aromatic N) is 2. The van der Waals surface area contributed by atoms with Crippen LogP contribution < -0.4 is 0 Å². The highest BCUT2D eigenvalue weighted by Crippen LogP contribution is 2.40. The minimum absolute atomic E-state index is 0.177. The van der Waals surface area contributed by atoms with Gasteiger partial charge in [0.15, 0.2) is 11.5 Å². The smallest absolute Gasteiger partial charge is 0.166 e. The van der Waals surface area contributed by atoms with E-state index >= 15 is 0 Å². The molecule has 1 aliphatic carbocycles. The van der Waals surface area contributed by atoms with E-state index in [2.05, 4.69) is 18.0 Å². The molecule has 0 spiro atoms. The van der Waals surface area contributed by atoms with Gasteiger partial charge in [0.25, 0.3) is 0 Å². The van der Waals surface area contributed by atoms with Crippen molar-refractivity contribution in [3.63, 3.8) is 0 Å². The Kier molecular flexibility index (Phi) is 3.86. The molecular weight excluding hydrogens is 296 g/mol. The summed E-state index contributed by atoms with van der Waals surface area (Å²) in [7, 11) is 0. The Morgan fingerprint density at radius 1 is 1.41 bits per heavy atom. The number of hydrogen-bond donors (Lipinski definition) is 2. The van der Waals surface area contributed by atoms with Crippen LogP contribution in [0.25, 0.3) is 0 Å². The van der Waals surface area contributed by atoms with Gasteiger partial charge in [-0.3, -0.25) is 0 Å². The van der Waals surface area contributed by atoms with E-state index in [1.165, 1.54) is 17.2 Å². The average Bonchev–Trinajstić information content (AvgIpc) is 2.85. The molecule has 1 atom stereocenters. The number of para-hydroxylation sites is 1. The standard InChI is InChI=1S/C17H16N2O2S/c1-10-5-6-15-12(7-10)13(8-18)17(22-15)19-9-11-3-2-4-14(20)16(11)21/h2-4,9-10,20-21H,5-7H2,1H3/b19-9+/t10-/m1/s1. The second kappa shape index (κ2) is 5.82. The lowest BCUT2D eigenvalue weighted by atomic mass is 9.88. The number of aryl methyl sites for hydroxylation is 1. The van der Waals surface area contributed by atoms with Gasteiger partial charge in [0, 0.05) is 16.7 Å². The molecule has 0 unspecified atom stereocenters. The molecule has 22 heavy (non-hydrogen) atoms. The number of rotatable bonds is 2. The number of thiophene rings is 1. The SMILES string of the molecule is C[C@@H]1CCc2sc(/N=C/c3cccc(O)c3O)c(C#N)c2C1. The van der Waals surface area contributed by atoms with Crippen LogP contribution in [0.4, 0.5) is 5.00 Å². The van der Waals surface area contributed by atoms with E-state index in [1.807, 2.05) is 0 Å². The topological polar surface area (TPSA) is 76.6 Å². The maximum Gasteiger partial charge on any atom is 0.166 e. The molecule has 1 heterocycles. The lowest BCUT2D eigenvalue weighted by Gasteiger charge is -2.17. The molecule has 1 aromatic heterocycles. The monoisotopic (exact) mass is 312 g/mol. The van der Waals surface area contributed by atoms with Gasteiger partial charge < -0.3 is 10.2 Å². The highest BCUT2D eigenvalue weighted by Gasteiger charge is 2.23. The molecule has 0 bridgehead atoms. The van der Waals surface area contributed by atoms with Crippen molar-refractivity contribution in [3.8, 4) is 17.6 Å². The second-order valence-corrected chi connectivity index (χ2v) is 6.70. The zero-order valence-corrected chi connectivity index (χ0v) is 13.0. The van der Waals surface area contributed by atoms with E-state index < -0.39 is 0 Å². The predicted octanol–water partition coefficient (Wildman–Crippen LogP) is 3.91. The molecule has 112 valence electrons. The third-order valence-electron chi connectivity index (χ3n) is 3.97. The fourth-order valence-corrected chi connectivity index (χ4v) is 3.87. The van der Waals surface area contributed by atoms with E-state index in [1.54, 1.807) is 23.5 Å². The lowest BCUT2D eigenvalue weighted by Crippen LogP contribution is -2.09. The van der Waals surface area contributed by atoms with Crippen molar-refractivity contribution in [1.29, 1.82) is 5.26 Å². The summed E-state index contributed by atoms with van der Waals surface area (Å²) < 4.78 is 0. The van der Waals surface area contributed by atoms with Crippen molar-refractivity contribution in [2.24, 2.45) is 10.9 Å². The summed E-state index contributed by atoms with van der Waals surface area (Å²) in [5, 5.41) is 29.4. The van der Waals surface area contributed by atoms with Crippen LogP contribution in [0.1, 0.15) is 34.9 Å². The van der Waals surface area contributed by atoms with Crippen molar-refractivity contribution in [1.82, 2.24) is 0 Å². The molecule has 2 aromatic rings. The van der Waals surface area contributed by atoms with Crippen LogP contribution in [0.5, 0.6) is 11.5 Å². The van der Waals surface area contributed by atoms with E-state index in [4.69, 9.17) is 0 Å². The average molecular weight is 312 g/mol. The number of phenols is 2. The summed E-state index contributed by atoms with van der Waals surface area (Å²) in [6.07, 6.45) is 4.58. The van der Waals surface area contributed by atoms with Crippen molar-refractivity contribution in [2.75, 3.05) is 0 Å². The number of hydrogen-bond acceptors (Lipinski definition) is 5. The minimum Gasteiger partial charge on any atom is -0.504 e. The van der Waals surface area contributed by atoms with Gasteiger partial charge in [-0.15, -0.1) is 11.3 Å². The van der Waals surface area contributed by atoms with Gasteiger partial charge in [0.2, 0.25) is 0 Å². The fourth-order valence-electron chi connectivity index (χ4n) is 2.73. The van der Waals surface area contributed by atoms with Crippen molar-refractivity contribution in [3.05, 3.63) is 39.8 Å². The van der Waals surface area contributed by atoms with Crippen LogP contribution in [-0.2, 0) is 12.8 Å². The van der Waals surface area contributed by atoms with E-state index in [9.17, 15) is 15.5 Å². The van der Waals surface area contributed by atoms with E-state index in [-0.39, 0.29) is 11.5 Å². The zero-order chi connectivity index (χ0) is 15.7. The number of fused-ring (bicyclic) bond motifs is 1. The predicted molar refractivity (Wildman–Crippen MR) is 87.2 cm³/mol. The molecule has 0 saturated carbocycles. The third-order valence-corrected chi connectivity index (χ3v) is 5.17. The van der Waals surface area contributed by atoms with Crippen molar-refractivity contribution in [2.45, 2.75) is 26.2 Å². The first-order valence-corrected chi connectivity index (χ1v) is 8.01. The summed E-state index contributed by atoms with van der Waals surface area (Å²) in [6, 6.07) is 7.00. The fraction of sp³-hybridized carbons (Fsp3) is 0.294. The number of aromatic hydroxyl groups is 2. The molecule has 0 amide bonds. The summed E-state index contributed by atoms with van der Waals surface area (Å²) in [4.78, 5) is 5.63. The Hall–Kier alpha value is -2.32. The van der Waals surface area contributed by atoms with Gasteiger partial charge in [-0.25, -0.2) is 4.99 Å². The largest absolute Gasteiger partial charge is 0.504 e. The highest BCUT2D eigenvalue weighted by molar-refractivity contribution is 7.16. The molecule has 2 N–H and O–H groups in total. The quantitative estimate of drug-likeness (QED) is 0.652. The third kappa shape index (κ3) is 2.58. The van der Waals surface area contributed by atoms with Gasteiger partial charge >= 0.3 is 0 Å². The summed E-state index contributed by atoms with van der Waals surface area (Å²) in [5.74, 6) is 0.226. The zero-order valence-electron chi connectivity index (χ0n) is 12.2. The second-order valence-electron chi connectivity index (χ2n) is 5.62. The summed E-state index contributed by atoms with van der Waals surface area (Å²) in [6.45, 7) is 2.20. The normalized spacial score (nSPS) is 17.4. The van der Waals surface area contributed by atoms with Crippen LogP contribution in [-0.4, -0.2) is 16.4 Å². The number of nitriles is 1. The first kappa shape index (κ1) is 14.6. The van der Waals surface area contributed by atoms with Crippen LogP contribution in [0.2, 0.25) is 0 Å². The summed E-state index contributed by atoms with van der Waals surface area (Å²) >= 11 is 1.55. The maximum absolute atomic E-state index is 9.80. The lowest BCUT2D eigenvalue weighted by molar-refractivity contribution is 0.403. The molecule has 0 radical (unpaired) electrons. The Bertz CT molecular complexity index is 787. The Morgan fingerprint density at radius 2 is 2.23 bits per heavy atom. The molecule has 4 nitrogen and oxygen atoms in total. The molecule has 0 fully saturated rings. The Morgan fingerprint density at radius 3 is 3.00 bits per heavy atom. The molecule has 1 aromatic carbocycles. The highest BCUT2D eigenvalue weighted by atomic mass is 32.1. The van der Waals surface area contributed by atoms with Gasteiger partial charge in [0.05, 0.1) is 5.56 Å². The van der Waals surface area contributed by atoms with Crippen LogP contribution in [0.15, 0.2) is 23.2 Å². The number of aliphatic imine (C=N–C) groups is 1. The molecular formula is C17H16N2O2S. The van der Waals surface area contributed by atoms with Crippen molar-refractivity contribution < 1.29 is 10.2 Å². The Balaban J connectivity index is 1.98. The molecule has 1 aliphatic rings. The van der Waals surface area contributed by atoms with E-state index in [0.717, 1.165) is 24.8 Å². The van der Waals surface area contributed by atoms with Gasteiger partial charge in [-0.05, 0) is 42.9 Å². The van der Waals surface area contributed by atoms with Gasteiger partial charge in [-0.1, -0.05) is 13.0 Å². The molecule has 3 rings (SSSR count). The number of phenolic OH excluding ortho intramolecular Hbond substituents is 2. The first-order chi connectivity index (χ1) is 10.6. The first-order valence-electron chi connectivity index (χ1n) is 7.19. The summed E-state index contributed by atoms with van der Waals surface area (Å²) in [5.41, 5.74) is 2.23. The van der Waals surface area contributed by atoms with Crippen LogP contribution in [0, 0.1) is 17.2 Å².